The summed E-state index contributed by atoms with van der Waals surface area (Å²) >= 11 is 0. The van der Waals surface area contributed by atoms with Crippen LogP contribution in [0, 0.1) is 5.92 Å². The van der Waals surface area contributed by atoms with E-state index >= 15 is 0 Å². The van der Waals surface area contributed by atoms with Crippen LogP contribution in [-0.2, 0) is 24.2 Å². The summed E-state index contributed by atoms with van der Waals surface area (Å²) in [6.07, 6.45) is 6.54. The second-order valence-corrected chi connectivity index (χ2v) is 7.49. The van der Waals surface area contributed by atoms with E-state index in [4.69, 9.17) is 14.5 Å². The lowest BCUT2D eigenvalue weighted by Crippen LogP contribution is -2.32. The molecule has 0 N–H and O–H groups in total. The summed E-state index contributed by atoms with van der Waals surface area (Å²) in [7, 11) is 1.72. The van der Waals surface area contributed by atoms with E-state index in [-0.39, 0.29) is 0 Å². The lowest BCUT2D eigenvalue weighted by Gasteiger charge is -2.28. The van der Waals surface area contributed by atoms with Crippen molar-refractivity contribution < 1.29 is 9.47 Å². The Morgan fingerprint density at radius 3 is 2.96 bits per heavy atom. The quantitative estimate of drug-likeness (QED) is 0.826. The van der Waals surface area contributed by atoms with Gasteiger partial charge in [0.2, 0.25) is 0 Å². The average molecular weight is 355 g/mol. The Morgan fingerprint density at radius 1 is 1.23 bits per heavy atom. The van der Waals surface area contributed by atoms with Crippen molar-refractivity contribution >= 4 is 0 Å². The van der Waals surface area contributed by atoms with Crippen LogP contribution in [0.3, 0.4) is 0 Å². The molecule has 1 fully saturated rings. The molecule has 2 aliphatic rings. The molecule has 0 radical (unpaired) electrons. The molecule has 0 amide bonds. The van der Waals surface area contributed by atoms with Crippen molar-refractivity contribution in [2.24, 2.45) is 5.92 Å². The molecule has 0 atom stereocenters. The molecule has 1 aromatic carbocycles. The second-order valence-electron chi connectivity index (χ2n) is 7.49. The molecule has 0 unspecified atom stereocenters. The van der Waals surface area contributed by atoms with Crippen LogP contribution in [0.2, 0.25) is 0 Å². The largest absolute Gasteiger partial charge is 0.497 e. The van der Waals surface area contributed by atoms with E-state index in [1.54, 1.807) is 7.11 Å². The van der Waals surface area contributed by atoms with Crippen LogP contribution in [0.5, 0.6) is 5.75 Å². The number of rotatable bonds is 5. The number of nitrogens with zero attached hydrogens (tertiary/aromatic N) is 3. The van der Waals surface area contributed by atoms with Crippen LogP contribution in [0.1, 0.15) is 36.3 Å². The number of aromatic nitrogens is 2. The monoisotopic (exact) mass is 355 g/mol. The summed E-state index contributed by atoms with van der Waals surface area (Å²) in [5.74, 6) is 2.86. The van der Waals surface area contributed by atoms with Gasteiger partial charge >= 0.3 is 0 Å². The Hall–Kier alpha value is -1.85. The molecule has 1 aromatic heterocycles. The highest BCUT2D eigenvalue weighted by Gasteiger charge is 2.22. The molecule has 0 spiro atoms. The Morgan fingerprint density at radius 2 is 2.12 bits per heavy atom. The van der Waals surface area contributed by atoms with Crippen LogP contribution in [-0.4, -0.2) is 47.9 Å². The topological polar surface area (TPSA) is 39.5 Å². The van der Waals surface area contributed by atoms with Gasteiger partial charge in [0.05, 0.1) is 12.8 Å². The van der Waals surface area contributed by atoms with Crippen molar-refractivity contribution in [3.8, 4) is 5.75 Å². The number of hydrogen-bond donors (Lipinski definition) is 0. The molecule has 0 saturated carbocycles. The highest BCUT2D eigenvalue weighted by Crippen LogP contribution is 2.22. The molecule has 0 aliphatic carbocycles. The summed E-state index contributed by atoms with van der Waals surface area (Å²) in [4.78, 5) is 7.36. The fourth-order valence-electron chi connectivity index (χ4n) is 4.17. The fraction of sp³-hybridized carbons (Fsp3) is 0.571. The maximum Gasteiger partial charge on any atom is 0.119 e. The number of ether oxygens (including phenoxy) is 2. The zero-order valence-electron chi connectivity index (χ0n) is 15.7. The summed E-state index contributed by atoms with van der Waals surface area (Å²) in [6, 6.07) is 8.30. The van der Waals surface area contributed by atoms with Gasteiger partial charge in [0.25, 0.3) is 0 Å². The molecule has 2 aromatic rings. The molecule has 4 rings (SSSR count). The summed E-state index contributed by atoms with van der Waals surface area (Å²) in [5.41, 5.74) is 2.61. The zero-order chi connectivity index (χ0) is 17.8. The van der Waals surface area contributed by atoms with E-state index in [1.165, 1.54) is 49.4 Å². The van der Waals surface area contributed by atoms with E-state index in [9.17, 15) is 0 Å². The minimum atomic E-state index is 0.787. The Labute approximate surface area is 155 Å². The van der Waals surface area contributed by atoms with Crippen LogP contribution in [0.4, 0.5) is 0 Å². The van der Waals surface area contributed by atoms with Gasteiger partial charge in [-0.25, -0.2) is 4.98 Å². The van der Waals surface area contributed by atoms with Crippen molar-refractivity contribution in [1.82, 2.24) is 14.5 Å². The number of fused-ring (bicyclic) bond motifs is 1. The van der Waals surface area contributed by atoms with Crippen LogP contribution < -0.4 is 4.74 Å². The Balaban J connectivity index is 1.44. The van der Waals surface area contributed by atoms with Crippen molar-refractivity contribution in [3.05, 3.63) is 47.5 Å². The fourth-order valence-corrected chi connectivity index (χ4v) is 4.17. The highest BCUT2D eigenvalue weighted by molar-refractivity contribution is 5.30. The second kappa shape index (κ2) is 8.23. The van der Waals surface area contributed by atoms with Crippen LogP contribution >= 0.6 is 0 Å². The number of imidazole rings is 1. The minimum Gasteiger partial charge on any atom is -0.497 e. The maximum atomic E-state index is 5.50. The number of benzene rings is 1. The third kappa shape index (κ3) is 4.10. The standard InChI is InChI=1S/C21H29N3O2/c1-25-20-5-2-4-18(12-20)13-21-22-14-19-16-23(8-3-9-24(19)21)15-17-6-10-26-11-7-17/h2,4-5,12,14,17H,3,6-11,13,15-16H2,1H3. The third-order valence-electron chi connectivity index (χ3n) is 5.62. The Bertz CT molecular complexity index is 722. The molecular weight excluding hydrogens is 326 g/mol. The number of hydrogen-bond acceptors (Lipinski definition) is 4. The predicted octanol–water partition coefficient (Wildman–Crippen LogP) is 3.11. The van der Waals surface area contributed by atoms with E-state index in [2.05, 4.69) is 33.9 Å². The lowest BCUT2D eigenvalue weighted by atomic mass is 9.99. The predicted molar refractivity (Wildman–Crippen MR) is 101 cm³/mol. The SMILES string of the molecule is COc1cccc(Cc2ncc3n2CCCN(CC2CCOCC2)C3)c1. The normalized spacial score (nSPS) is 19.1. The molecule has 1 saturated heterocycles. The molecule has 0 bridgehead atoms. The van der Waals surface area contributed by atoms with E-state index in [0.29, 0.717) is 0 Å². The molecule has 3 heterocycles. The number of methoxy groups -OCH3 is 1. The van der Waals surface area contributed by atoms with Gasteiger partial charge in [0.1, 0.15) is 11.6 Å². The van der Waals surface area contributed by atoms with Crippen molar-refractivity contribution in [1.29, 1.82) is 0 Å². The van der Waals surface area contributed by atoms with E-state index in [0.717, 1.165) is 44.4 Å². The first-order valence-corrected chi connectivity index (χ1v) is 9.78. The van der Waals surface area contributed by atoms with Crippen molar-refractivity contribution in [2.45, 2.75) is 38.8 Å². The molecule has 5 nitrogen and oxygen atoms in total. The summed E-state index contributed by atoms with van der Waals surface area (Å²) < 4.78 is 13.3. The van der Waals surface area contributed by atoms with Gasteiger partial charge in [-0.2, -0.15) is 0 Å². The van der Waals surface area contributed by atoms with Crippen LogP contribution in [0.15, 0.2) is 30.5 Å². The molecule has 26 heavy (non-hydrogen) atoms. The minimum absolute atomic E-state index is 0.787. The van der Waals surface area contributed by atoms with Gasteiger partial charge in [-0.1, -0.05) is 12.1 Å². The lowest BCUT2D eigenvalue weighted by molar-refractivity contribution is 0.0516. The smallest absolute Gasteiger partial charge is 0.119 e. The summed E-state index contributed by atoms with van der Waals surface area (Å²) in [6.45, 7) is 6.32. The zero-order valence-corrected chi connectivity index (χ0v) is 15.7. The molecule has 5 heteroatoms. The van der Waals surface area contributed by atoms with Gasteiger partial charge < -0.3 is 14.0 Å². The highest BCUT2D eigenvalue weighted by atomic mass is 16.5. The average Bonchev–Trinajstić information content (AvgIpc) is 2.92. The van der Waals surface area contributed by atoms with Gasteiger partial charge in [0, 0.05) is 52.0 Å². The van der Waals surface area contributed by atoms with Gasteiger partial charge in [0.15, 0.2) is 0 Å². The van der Waals surface area contributed by atoms with Gasteiger partial charge in [-0.3, -0.25) is 4.90 Å². The Kier molecular flexibility index (Phi) is 5.56. The summed E-state index contributed by atoms with van der Waals surface area (Å²) in [5, 5.41) is 0. The molecule has 2 aliphatic heterocycles. The van der Waals surface area contributed by atoms with Crippen molar-refractivity contribution in [2.75, 3.05) is 33.4 Å². The molecule has 140 valence electrons. The van der Waals surface area contributed by atoms with E-state index < -0.39 is 0 Å². The first kappa shape index (κ1) is 17.6. The van der Waals surface area contributed by atoms with E-state index in [1.807, 2.05) is 6.07 Å². The van der Waals surface area contributed by atoms with Gasteiger partial charge in [-0.15, -0.1) is 0 Å². The van der Waals surface area contributed by atoms with Gasteiger partial charge in [-0.05, 0) is 42.9 Å². The van der Waals surface area contributed by atoms with Crippen LogP contribution in [0.25, 0.3) is 0 Å². The maximum absolute atomic E-state index is 5.50. The van der Waals surface area contributed by atoms with Crippen molar-refractivity contribution in [3.63, 3.8) is 0 Å². The first-order chi connectivity index (χ1) is 12.8. The third-order valence-corrected chi connectivity index (χ3v) is 5.62. The first-order valence-electron chi connectivity index (χ1n) is 9.78. The molecular formula is C21H29N3O2.